The summed E-state index contributed by atoms with van der Waals surface area (Å²) in [6.45, 7) is 4.29. The molecule has 190 valence electrons. The monoisotopic (exact) mass is 516 g/mol. The summed E-state index contributed by atoms with van der Waals surface area (Å²) < 4.78 is 79.9. The van der Waals surface area contributed by atoms with Crippen molar-refractivity contribution < 1.29 is 31.1 Å². The average molecular weight is 517 g/mol. The van der Waals surface area contributed by atoms with Crippen molar-refractivity contribution in [3.05, 3.63) is 70.3 Å². The molecule has 2 aliphatic heterocycles. The molecule has 2 atom stereocenters. The number of aryl methyl sites for hydroxylation is 1. The Kier molecular flexibility index (Phi) is 7.43. The Morgan fingerprint density at radius 3 is 2.00 bits per heavy atom. The van der Waals surface area contributed by atoms with Gasteiger partial charge < -0.3 is 4.90 Å². The second kappa shape index (κ2) is 10.0. The Labute approximate surface area is 204 Å². The number of benzene rings is 2. The Balaban J connectivity index is 1.65. The van der Waals surface area contributed by atoms with Gasteiger partial charge in [0.15, 0.2) is 0 Å². The number of carbonyl (C=O) groups is 1. The van der Waals surface area contributed by atoms with Crippen LogP contribution in [0.25, 0.3) is 0 Å². The highest BCUT2D eigenvalue weighted by Gasteiger charge is 2.40. The predicted molar refractivity (Wildman–Crippen MR) is 124 cm³/mol. The van der Waals surface area contributed by atoms with Crippen LogP contribution in [0.1, 0.15) is 45.0 Å². The fraction of sp³-hybridized carbons (Fsp3) is 0.480. The first-order valence-corrected chi connectivity index (χ1v) is 12.6. The van der Waals surface area contributed by atoms with Gasteiger partial charge in [0.25, 0.3) is 5.91 Å². The highest BCUT2D eigenvalue weighted by atomic mass is 32.2. The van der Waals surface area contributed by atoms with Gasteiger partial charge >= 0.3 is 12.4 Å². The fourth-order valence-electron chi connectivity index (χ4n) is 4.87. The second-order valence-electron chi connectivity index (χ2n) is 9.07. The molecule has 2 aliphatic rings. The highest BCUT2D eigenvalue weighted by Crippen LogP contribution is 2.38. The number of halogens is 6. The Morgan fingerprint density at radius 1 is 0.886 bits per heavy atom. The number of alkyl halides is 6. The zero-order chi connectivity index (χ0) is 25.4. The fourth-order valence-corrected chi connectivity index (χ4v) is 5.80. The maximum Gasteiger partial charge on any atom is 0.416 e. The number of likely N-dealkylation sites (tertiary alicyclic amines) is 1. The van der Waals surface area contributed by atoms with Crippen LogP contribution in [0.5, 0.6) is 0 Å². The summed E-state index contributed by atoms with van der Waals surface area (Å²) in [5.41, 5.74) is -1.47. The van der Waals surface area contributed by atoms with Gasteiger partial charge in [-0.25, -0.2) is 0 Å². The largest absolute Gasteiger partial charge is 0.416 e. The maximum absolute atomic E-state index is 13.3. The average Bonchev–Trinajstić information content (AvgIpc) is 2.83. The van der Waals surface area contributed by atoms with Crippen LogP contribution in [0.15, 0.2) is 42.5 Å². The van der Waals surface area contributed by atoms with E-state index in [-0.39, 0.29) is 31.1 Å². The molecule has 2 aromatic carbocycles. The molecule has 0 radical (unpaired) electrons. The van der Waals surface area contributed by atoms with E-state index in [0.29, 0.717) is 18.6 Å². The van der Waals surface area contributed by atoms with Crippen LogP contribution in [0.2, 0.25) is 0 Å². The van der Waals surface area contributed by atoms with Crippen LogP contribution in [0, 0.1) is 6.92 Å². The van der Waals surface area contributed by atoms with E-state index in [0.717, 1.165) is 35.7 Å². The van der Waals surface area contributed by atoms with Crippen LogP contribution in [0.3, 0.4) is 0 Å². The topological polar surface area (TPSA) is 23.6 Å². The Hall–Kier alpha value is -2.20. The van der Waals surface area contributed by atoms with Crippen molar-refractivity contribution in [1.82, 2.24) is 9.80 Å². The molecule has 1 amide bonds. The first-order valence-electron chi connectivity index (χ1n) is 11.4. The number of carbonyl (C=O) groups excluding carboxylic acids is 1. The minimum atomic E-state index is -5.00. The molecule has 10 heteroatoms. The third-order valence-electron chi connectivity index (χ3n) is 6.72. The first kappa shape index (κ1) is 25.9. The molecule has 0 N–H and O–H groups in total. The maximum atomic E-state index is 13.3. The molecule has 0 spiro atoms. The SMILES string of the molecule is Cc1ccc(C2CN(C(=O)c3cc(C(F)(F)F)cc(C(F)(F)F)c3)CCC2N2CCSCC2)cc1. The van der Waals surface area contributed by atoms with Crippen molar-refractivity contribution in [2.45, 2.75) is 37.7 Å². The molecule has 35 heavy (non-hydrogen) atoms. The molecular weight excluding hydrogens is 490 g/mol. The summed E-state index contributed by atoms with van der Waals surface area (Å²) >= 11 is 1.88. The molecule has 0 bridgehead atoms. The zero-order valence-corrected chi connectivity index (χ0v) is 19.9. The lowest BCUT2D eigenvalue weighted by atomic mass is 9.84. The van der Waals surface area contributed by atoms with Crippen LogP contribution >= 0.6 is 11.8 Å². The van der Waals surface area contributed by atoms with Crippen molar-refractivity contribution in [3.63, 3.8) is 0 Å². The van der Waals surface area contributed by atoms with Crippen LogP contribution in [0.4, 0.5) is 26.3 Å². The van der Waals surface area contributed by atoms with Gasteiger partial charge in [0.05, 0.1) is 11.1 Å². The van der Waals surface area contributed by atoms with Crippen molar-refractivity contribution >= 4 is 17.7 Å². The summed E-state index contributed by atoms with van der Waals surface area (Å²) in [5.74, 6) is 1.10. The number of nitrogens with zero attached hydrogens (tertiary/aromatic N) is 2. The van der Waals surface area contributed by atoms with Gasteiger partial charge in [-0.2, -0.15) is 38.1 Å². The van der Waals surface area contributed by atoms with E-state index in [2.05, 4.69) is 4.90 Å². The summed E-state index contributed by atoms with van der Waals surface area (Å²) in [5, 5.41) is 0. The minimum absolute atomic E-state index is 0.0481. The molecule has 2 aromatic rings. The zero-order valence-electron chi connectivity index (χ0n) is 19.1. The lowest BCUT2D eigenvalue weighted by Crippen LogP contribution is -2.53. The lowest BCUT2D eigenvalue weighted by molar-refractivity contribution is -0.143. The molecule has 2 unspecified atom stereocenters. The van der Waals surface area contributed by atoms with Gasteiger partial charge in [-0.05, 0) is 37.1 Å². The van der Waals surface area contributed by atoms with Gasteiger partial charge in [0.2, 0.25) is 0 Å². The second-order valence-corrected chi connectivity index (χ2v) is 10.3. The van der Waals surface area contributed by atoms with E-state index >= 15 is 0 Å². The highest BCUT2D eigenvalue weighted by molar-refractivity contribution is 7.99. The minimum Gasteiger partial charge on any atom is -0.338 e. The molecule has 2 fully saturated rings. The normalized spacial score (nSPS) is 22.3. The number of amides is 1. The number of hydrogen-bond donors (Lipinski definition) is 0. The molecule has 0 aromatic heterocycles. The lowest BCUT2D eigenvalue weighted by Gasteiger charge is -2.45. The summed E-state index contributed by atoms with van der Waals surface area (Å²) in [6, 6.07) is 9.17. The van der Waals surface area contributed by atoms with Gasteiger partial charge in [-0.15, -0.1) is 0 Å². The standard InChI is InChI=1S/C25H26F6N2OS/c1-16-2-4-17(5-3-16)21-15-33(7-6-22(21)32-8-10-35-11-9-32)23(34)18-12-19(24(26,27)28)14-20(13-18)25(29,30)31/h2-5,12-14,21-22H,6-11,15H2,1H3. The third kappa shape index (κ3) is 5.97. The van der Waals surface area contributed by atoms with Gasteiger partial charge in [-0.1, -0.05) is 29.8 Å². The summed E-state index contributed by atoms with van der Waals surface area (Å²) in [6.07, 6.45) is -9.40. The van der Waals surface area contributed by atoms with E-state index in [4.69, 9.17) is 0 Å². The van der Waals surface area contributed by atoms with Gasteiger partial charge in [0, 0.05) is 55.2 Å². The van der Waals surface area contributed by atoms with Crippen molar-refractivity contribution in [3.8, 4) is 0 Å². The molecule has 0 aliphatic carbocycles. The molecule has 2 saturated heterocycles. The Morgan fingerprint density at radius 2 is 1.46 bits per heavy atom. The third-order valence-corrected chi connectivity index (χ3v) is 7.66. The van der Waals surface area contributed by atoms with Crippen molar-refractivity contribution in [1.29, 1.82) is 0 Å². The van der Waals surface area contributed by atoms with E-state index in [9.17, 15) is 31.1 Å². The van der Waals surface area contributed by atoms with Crippen molar-refractivity contribution in [2.75, 3.05) is 37.7 Å². The van der Waals surface area contributed by atoms with E-state index in [1.807, 2.05) is 43.0 Å². The Bertz CT molecular complexity index is 1020. The smallest absolute Gasteiger partial charge is 0.338 e. The van der Waals surface area contributed by atoms with Crippen molar-refractivity contribution in [2.24, 2.45) is 0 Å². The predicted octanol–water partition coefficient (Wildman–Crippen LogP) is 6.08. The molecular formula is C25H26F6N2OS. The molecule has 0 saturated carbocycles. The van der Waals surface area contributed by atoms with Crippen LogP contribution in [-0.4, -0.2) is 59.4 Å². The van der Waals surface area contributed by atoms with E-state index < -0.39 is 35.0 Å². The van der Waals surface area contributed by atoms with Gasteiger partial charge in [-0.3, -0.25) is 9.69 Å². The van der Waals surface area contributed by atoms with Crippen LogP contribution in [-0.2, 0) is 12.4 Å². The van der Waals surface area contributed by atoms with E-state index in [1.54, 1.807) is 0 Å². The number of hydrogen-bond acceptors (Lipinski definition) is 3. The number of rotatable bonds is 3. The molecule has 3 nitrogen and oxygen atoms in total. The van der Waals surface area contributed by atoms with Crippen LogP contribution < -0.4 is 0 Å². The number of piperidine rings is 1. The molecule has 2 heterocycles. The summed E-state index contributed by atoms with van der Waals surface area (Å²) in [4.78, 5) is 17.0. The molecule has 4 rings (SSSR count). The summed E-state index contributed by atoms with van der Waals surface area (Å²) in [7, 11) is 0. The number of thioether (sulfide) groups is 1. The quantitative estimate of drug-likeness (QED) is 0.462. The van der Waals surface area contributed by atoms with Gasteiger partial charge in [0.1, 0.15) is 0 Å². The van der Waals surface area contributed by atoms with E-state index in [1.165, 1.54) is 4.90 Å². The first-order chi connectivity index (χ1) is 16.4.